The third kappa shape index (κ3) is 4.97. The van der Waals surface area contributed by atoms with Crippen LogP contribution in [0.15, 0.2) is 65.7 Å². The number of piperidine rings is 1. The van der Waals surface area contributed by atoms with E-state index in [4.69, 9.17) is 0 Å². The summed E-state index contributed by atoms with van der Waals surface area (Å²) in [5.74, 6) is -0.956. The number of pyridine rings is 1. The van der Waals surface area contributed by atoms with Crippen molar-refractivity contribution in [2.75, 3.05) is 18.4 Å². The molecule has 5 rings (SSSR count). The number of fused-ring (bicyclic) bond motifs is 1. The number of carboxylic acid groups (broad SMARTS) is 1. The van der Waals surface area contributed by atoms with Crippen molar-refractivity contribution in [3.8, 4) is 5.69 Å². The third-order valence-corrected chi connectivity index (χ3v) is 7.17. The summed E-state index contributed by atoms with van der Waals surface area (Å²) in [6.07, 6.45) is 7.29. The van der Waals surface area contributed by atoms with Gasteiger partial charge in [0.1, 0.15) is 5.56 Å². The van der Waals surface area contributed by atoms with Crippen molar-refractivity contribution in [1.82, 2.24) is 19.4 Å². The molecular weight excluding hydrogens is 466 g/mol. The molecular formula is C29H31N5O3. The van der Waals surface area contributed by atoms with Crippen LogP contribution in [0.5, 0.6) is 0 Å². The molecule has 4 aromatic rings. The molecule has 2 N–H and O–H groups in total. The zero-order valence-electron chi connectivity index (χ0n) is 21.1. The lowest BCUT2D eigenvalue weighted by molar-refractivity contribution is 0.0695. The number of carbonyl (C=O) groups is 1. The smallest absolute Gasteiger partial charge is 0.341 e. The van der Waals surface area contributed by atoms with Crippen LogP contribution in [0.2, 0.25) is 0 Å². The highest BCUT2D eigenvalue weighted by atomic mass is 16.4. The molecule has 1 aliphatic rings. The molecule has 0 saturated carbocycles. The first-order valence-corrected chi connectivity index (χ1v) is 12.8. The molecule has 1 atom stereocenters. The van der Waals surface area contributed by atoms with E-state index in [2.05, 4.69) is 46.2 Å². The average molecular weight is 498 g/mol. The number of carboxylic acids is 1. The normalized spacial score (nSPS) is 16.1. The first-order valence-electron chi connectivity index (χ1n) is 12.8. The van der Waals surface area contributed by atoms with Crippen LogP contribution in [-0.2, 0) is 6.42 Å². The van der Waals surface area contributed by atoms with E-state index in [-0.39, 0.29) is 10.9 Å². The van der Waals surface area contributed by atoms with Crippen molar-refractivity contribution in [3.63, 3.8) is 0 Å². The van der Waals surface area contributed by atoms with E-state index >= 15 is 0 Å². The summed E-state index contributed by atoms with van der Waals surface area (Å²) in [5, 5.41) is 13.0. The van der Waals surface area contributed by atoms with Crippen LogP contribution in [0, 0.1) is 0 Å². The van der Waals surface area contributed by atoms with Gasteiger partial charge in [-0.25, -0.2) is 9.78 Å². The largest absolute Gasteiger partial charge is 0.477 e. The minimum atomic E-state index is -1.28. The summed E-state index contributed by atoms with van der Waals surface area (Å²) < 4.78 is 1.64. The van der Waals surface area contributed by atoms with E-state index in [0.29, 0.717) is 23.3 Å². The standard InChI is InChI=1S/C29H31N5O3/c1-3-19-8-14-22(15-9-19)34-18-24(28(36)37)26(35)23-17-30-29(32-27(23)34)31-21-12-10-20(11-13-21)25-7-5-6-16-33(25)4-2/h8-15,17-18,25H,3-7,16H2,1-2H3,(H,36,37)(H,30,31,32). The molecule has 8 heteroatoms. The van der Waals surface area contributed by atoms with E-state index in [1.54, 1.807) is 4.57 Å². The van der Waals surface area contributed by atoms with Gasteiger partial charge in [0, 0.05) is 29.8 Å². The van der Waals surface area contributed by atoms with Gasteiger partial charge in [-0.05, 0) is 67.7 Å². The van der Waals surface area contributed by atoms with E-state index < -0.39 is 11.4 Å². The zero-order chi connectivity index (χ0) is 25.9. The highest BCUT2D eigenvalue weighted by molar-refractivity contribution is 5.92. The second-order valence-corrected chi connectivity index (χ2v) is 9.39. The van der Waals surface area contributed by atoms with E-state index in [1.807, 2.05) is 36.4 Å². The minimum Gasteiger partial charge on any atom is -0.477 e. The van der Waals surface area contributed by atoms with Gasteiger partial charge in [0.2, 0.25) is 11.4 Å². The van der Waals surface area contributed by atoms with E-state index in [1.165, 1.54) is 37.2 Å². The van der Waals surface area contributed by atoms with Gasteiger partial charge in [0.05, 0.1) is 5.39 Å². The van der Waals surface area contributed by atoms with Gasteiger partial charge in [-0.2, -0.15) is 4.98 Å². The maximum atomic E-state index is 12.9. The van der Waals surface area contributed by atoms with Gasteiger partial charge in [-0.3, -0.25) is 9.69 Å². The Morgan fingerprint density at radius 3 is 2.51 bits per heavy atom. The first kappa shape index (κ1) is 24.6. The number of aryl methyl sites for hydroxylation is 1. The van der Waals surface area contributed by atoms with Gasteiger partial charge < -0.3 is 15.0 Å². The van der Waals surface area contributed by atoms with Crippen molar-refractivity contribution < 1.29 is 9.90 Å². The van der Waals surface area contributed by atoms with Crippen molar-refractivity contribution >= 4 is 28.6 Å². The van der Waals surface area contributed by atoms with Crippen LogP contribution < -0.4 is 10.7 Å². The van der Waals surface area contributed by atoms with E-state index in [0.717, 1.165) is 30.8 Å². The van der Waals surface area contributed by atoms with Gasteiger partial charge in [0.15, 0.2) is 5.65 Å². The summed E-state index contributed by atoms with van der Waals surface area (Å²) in [7, 11) is 0. The topological polar surface area (TPSA) is 100 Å². The van der Waals surface area contributed by atoms with Crippen molar-refractivity contribution in [1.29, 1.82) is 0 Å². The molecule has 0 bridgehead atoms. The number of nitrogens with zero attached hydrogens (tertiary/aromatic N) is 4. The molecule has 8 nitrogen and oxygen atoms in total. The number of aromatic nitrogens is 3. The van der Waals surface area contributed by atoms with Gasteiger partial charge in [-0.1, -0.05) is 44.5 Å². The third-order valence-electron chi connectivity index (χ3n) is 7.17. The molecule has 0 amide bonds. The number of nitrogens with one attached hydrogen (secondary N) is 1. The highest BCUT2D eigenvalue weighted by Gasteiger charge is 2.22. The van der Waals surface area contributed by atoms with Crippen LogP contribution in [0.3, 0.4) is 0 Å². The van der Waals surface area contributed by atoms with E-state index in [9.17, 15) is 14.7 Å². The fraction of sp³-hybridized carbons (Fsp3) is 0.310. The van der Waals surface area contributed by atoms with Crippen molar-refractivity contribution in [2.45, 2.75) is 45.6 Å². The maximum absolute atomic E-state index is 12.9. The first-order chi connectivity index (χ1) is 18.0. The van der Waals surface area contributed by atoms with Crippen LogP contribution in [0.4, 0.5) is 11.6 Å². The van der Waals surface area contributed by atoms with Crippen molar-refractivity contribution in [2.24, 2.45) is 0 Å². The number of aromatic carboxylic acids is 1. The Hall–Kier alpha value is -4.04. The second-order valence-electron chi connectivity index (χ2n) is 9.39. The number of likely N-dealkylation sites (tertiary alicyclic amines) is 1. The predicted octanol–water partition coefficient (Wildman–Crippen LogP) is 5.33. The molecule has 1 fully saturated rings. The summed E-state index contributed by atoms with van der Waals surface area (Å²) in [5.41, 5.74) is 3.43. The molecule has 2 aromatic carbocycles. The molecule has 3 heterocycles. The lowest BCUT2D eigenvalue weighted by atomic mass is 9.95. The molecule has 1 saturated heterocycles. The van der Waals surface area contributed by atoms with Gasteiger partial charge in [-0.15, -0.1) is 0 Å². The van der Waals surface area contributed by atoms with Crippen LogP contribution in [-0.4, -0.2) is 43.6 Å². The van der Waals surface area contributed by atoms with Gasteiger partial charge >= 0.3 is 5.97 Å². The number of hydrogen-bond acceptors (Lipinski definition) is 6. The Balaban J connectivity index is 1.50. The lowest BCUT2D eigenvalue weighted by Crippen LogP contribution is -2.33. The molecule has 1 aliphatic heterocycles. The highest BCUT2D eigenvalue weighted by Crippen LogP contribution is 2.31. The number of benzene rings is 2. The molecule has 0 aliphatic carbocycles. The van der Waals surface area contributed by atoms with Crippen LogP contribution >= 0.6 is 0 Å². The summed E-state index contributed by atoms with van der Waals surface area (Å²) in [4.78, 5) is 36.1. The maximum Gasteiger partial charge on any atom is 0.341 e. The minimum absolute atomic E-state index is 0.150. The Morgan fingerprint density at radius 1 is 1.08 bits per heavy atom. The molecule has 37 heavy (non-hydrogen) atoms. The average Bonchev–Trinajstić information content (AvgIpc) is 2.93. The zero-order valence-corrected chi connectivity index (χ0v) is 21.1. The quantitative estimate of drug-likeness (QED) is 0.356. The summed E-state index contributed by atoms with van der Waals surface area (Å²) in [6, 6.07) is 16.5. The fourth-order valence-electron chi connectivity index (χ4n) is 5.08. The Labute approximate surface area is 215 Å². The molecule has 1 unspecified atom stereocenters. The number of anilines is 2. The molecule has 0 radical (unpaired) electrons. The Kier molecular flexibility index (Phi) is 7.01. The molecule has 0 spiro atoms. The van der Waals surface area contributed by atoms with Crippen LogP contribution in [0.1, 0.15) is 60.6 Å². The number of hydrogen-bond donors (Lipinski definition) is 2. The summed E-state index contributed by atoms with van der Waals surface area (Å²) >= 11 is 0. The monoisotopic (exact) mass is 497 g/mol. The van der Waals surface area contributed by atoms with Crippen molar-refractivity contribution in [3.05, 3.63) is 87.8 Å². The Morgan fingerprint density at radius 2 is 1.84 bits per heavy atom. The SMILES string of the molecule is CCc1ccc(-n2cc(C(=O)O)c(=O)c3cnc(Nc4ccc(C5CCCCN5CC)cc4)nc32)cc1. The number of rotatable bonds is 7. The predicted molar refractivity (Wildman–Crippen MR) is 145 cm³/mol. The fourth-order valence-corrected chi connectivity index (χ4v) is 5.08. The Bertz CT molecular complexity index is 1480. The lowest BCUT2D eigenvalue weighted by Gasteiger charge is -2.35. The van der Waals surface area contributed by atoms with Crippen LogP contribution in [0.25, 0.3) is 16.7 Å². The molecule has 190 valence electrons. The van der Waals surface area contributed by atoms with Gasteiger partial charge in [0.25, 0.3) is 0 Å². The summed E-state index contributed by atoms with van der Waals surface area (Å²) in [6.45, 7) is 6.46. The molecule has 2 aromatic heterocycles. The second kappa shape index (κ2) is 10.5.